The summed E-state index contributed by atoms with van der Waals surface area (Å²) in [5, 5.41) is 6.96. The Hall–Kier alpha value is -2.89. The monoisotopic (exact) mass is 281 g/mol. The molecule has 0 aliphatic carbocycles. The molecule has 6 heteroatoms. The first kappa shape index (κ1) is 13.1. The van der Waals surface area contributed by atoms with E-state index in [1.54, 1.807) is 23.4 Å². The third-order valence-corrected chi connectivity index (χ3v) is 3.08. The second-order valence-electron chi connectivity index (χ2n) is 4.61. The van der Waals surface area contributed by atoms with Crippen LogP contribution in [0.4, 0.5) is 5.69 Å². The smallest absolute Gasteiger partial charge is 0.226 e. The Balaban J connectivity index is 1.62. The maximum Gasteiger partial charge on any atom is 0.226 e. The normalized spacial score (nSPS) is 10.5. The van der Waals surface area contributed by atoms with Gasteiger partial charge in [0.15, 0.2) is 0 Å². The Bertz CT molecular complexity index is 704. The van der Waals surface area contributed by atoms with Gasteiger partial charge in [0.2, 0.25) is 5.91 Å². The Morgan fingerprint density at radius 1 is 1.33 bits per heavy atom. The number of rotatable bonds is 5. The van der Waals surface area contributed by atoms with Gasteiger partial charge in [0, 0.05) is 36.6 Å². The molecule has 2 aromatic heterocycles. The molecule has 6 nitrogen and oxygen atoms in total. The van der Waals surface area contributed by atoms with Crippen molar-refractivity contribution in [2.45, 2.75) is 13.0 Å². The Morgan fingerprint density at radius 2 is 2.29 bits per heavy atom. The lowest BCUT2D eigenvalue weighted by Gasteiger charge is -2.07. The average molecular weight is 281 g/mol. The summed E-state index contributed by atoms with van der Waals surface area (Å²) in [6, 6.07) is 9.49. The summed E-state index contributed by atoms with van der Waals surface area (Å²) >= 11 is 0. The SMILES string of the molecule is O=C(CCn1cccn1)Nc1cccc(-c2cnc[nH]2)c1. The number of carbonyl (C=O) groups excluding carboxylic acids is 1. The van der Waals surface area contributed by atoms with Crippen molar-refractivity contribution in [3.8, 4) is 11.3 Å². The topological polar surface area (TPSA) is 75.6 Å². The number of imidazole rings is 1. The number of H-pyrrole nitrogens is 1. The Labute approximate surface area is 121 Å². The minimum Gasteiger partial charge on any atom is -0.345 e. The summed E-state index contributed by atoms with van der Waals surface area (Å²) < 4.78 is 1.74. The number of aromatic amines is 1. The van der Waals surface area contributed by atoms with Crippen LogP contribution in [0, 0.1) is 0 Å². The van der Waals surface area contributed by atoms with Crippen molar-refractivity contribution < 1.29 is 4.79 Å². The number of anilines is 1. The molecule has 1 amide bonds. The van der Waals surface area contributed by atoms with Crippen LogP contribution in [0.5, 0.6) is 0 Å². The van der Waals surface area contributed by atoms with E-state index in [0.717, 1.165) is 16.9 Å². The molecule has 0 bridgehead atoms. The molecule has 0 radical (unpaired) electrons. The fraction of sp³-hybridized carbons (Fsp3) is 0.133. The molecule has 106 valence electrons. The van der Waals surface area contributed by atoms with Gasteiger partial charge in [-0.1, -0.05) is 12.1 Å². The lowest BCUT2D eigenvalue weighted by molar-refractivity contribution is -0.116. The van der Waals surface area contributed by atoms with E-state index in [4.69, 9.17) is 0 Å². The summed E-state index contributed by atoms with van der Waals surface area (Å²) in [5.41, 5.74) is 2.67. The molecule has 1 aromatic carbocycles. The van der Waals surface area contributed by atoms with Crippen molar-refractivity contribution >= 4 is 11.6 Å². The van der Waals surface area contributed by atoms with Crippen molar-refractivity contribution in [2.24, 2.45) is 0 Å². The minimum atomic E-state index is -0.0349. The van der Waals surface area contributed by atoms with Gasteiger partial charge < -0.3 is 10.3 Å². The van der Waals surface area contributed by atoms with Crippen LogP contribution >= 0.6 is 0 Å². The number of nitrogens with one attached hydrogen (secondary N) is 2. The predicted octanol–water partition coefficient (Wildman–Crippen LogP) is 2.30. The number of aromatic nitrogens is 4. The van der Waals surface area contributed by atoms with E-state index in [1.807, 2.05) is 36.5 Å². The summed E-state index contributed by atoms with van der Waals surface area (Å²) in [6.45, 7) is 0.569. The van der Waals surface area contributed by atoms with Gasteiger partial charge in [-0.25, -0.2) is 4.98 Å². The number of aryl methyl sites for hydroxylation is 1. The predicted molar refractivity (Wildman–Crippen MR) is 79.5 cm³/mol. The minimum absolute atomic E-state index is 0.0349. The van der Waals surface area contributed by atoms with Gasteiger partial charge in [-0.05, 0) is 18.2 Å². The van der Waals surface area contributed by atoms with Crippen LogP contribution < -0.4 is 5.32 Å². The van der Waals surface area contributed by atoms with Crippen molar-refractivity contribution in [3.05, 3.63) is 55.2 Å². The van der Waals surface area contributed by atoms with Crippen LogP contribution in [-0.2, 0) is 11.3 Å². The molecule has 2 heterocycles. The van der Waals surface area contributed by atoms with Crippen LogP contribution in [-0.4, -0.2) is 25.7 Å². The molecule has 0 saturated heterocycles. The highest BCUT2D eigenvalue weighted by Gasteiger charge is 2.05. The Morgan fingerprint density at radius 3 is 3.05 bits per heavy atom. The summed E-state index contributed by atoms with van der Waals surface area (Å²) in [7, 11) is 0. The van der Waals surface area contributed by atoms with Crippen LogP contribution in [0.15, 0.2) is 55.2 Å². The van der Waals surface area contributed by atoms with Crippen LogP contribution in [0.1, 0.15) is 6.42 Å². The second kappa shape index (κ2) is 6.04. The molecule has 0 atom stereocenters. The molecule has 0 spiro atoms. The summed E-state index contributed by atoms with van der Waals surface area (Å²) in [5.74, 6) is -0.0349. The molecule has 21 heavy (non-hydrogen) atoms. The highest BCUT2D eigenvalue weighted by molar-refractivity contribution is 5.91. The number of amides is 1. The van der Waals surface area contributed by atoms with E-state index in [-0.39, 0.29) is 5.91 Å². The van der Waals surface area contributed by atoms with E-state index in [9.17, 15) is 4.79 Å². The number of nitrogens with zero attached hydrogens (tertiary/aromatic N) is 3. The zero-order chi connectivity index (χ0) is 14.5. The highest BCUT2D eigenvalue weighted by atomic mass is 16.1. The maximum absolute atomic E-state index is 11.9. The van der Waals surface area contributed by atoms with Gasteiger partial charge in [0.05, 0.1) is 18.2 Å². The highest BCUT2D eigenvalue weighted by Crippen LogP contribution is 2.20. The third-order valence-electron chi connectivity index (χ3n) is 3.08. The first-order valence-electron chi connectivity index (χ1n) is 6.67. The lowest BCUT2D eigenvalue weighted by atomic mass is 10.1. The largest absolute Gasteiger partial charge is 0.345 e. The van der Waals surface area contributed by atoms with Gasteiger partial charge in [0.25, 0.3) is 0 Å². The molecule has 3 aromatic rings. The van der Waals surface area contributed by atoms with E-state index in [1.165, 1.54) is 0 Å². The molecule has 0 aliphatic rings. The fourth-order valence-corrected chi connectivity index (χ4v) is 2.05. The number of benzene rings is 1. The van der Waals surface area contributed by atoms with Crippen molar-refractivity contribution in [1.29, 1.82) is 0 Å². The summed E-state index contributed by atoms with van der Waals surface area (Å²) in [6.07, 6.45) is 7.30. The van der Waals surface area contributed by atoms with E-state index < -0.39 is 0 Å². The standard InChI is InChI=1S/C15H15N5O/c21-15(5-8-20-7-2-6-18-20)19-13-4-1-3-12(9-13)14-10-16-11-17-14/h1-4,6-7,9-11H,5,8H2,(H,16,17)(H,19,21). The lowest BCUT2D eigenvalue weighted by Crippen LogP contribution is -2.14. The molecular weight excluding hydrogens is 266 g/mol. The Kier molecular flexibility index (Phi) is 3.77. The molecule has 0 saturated carbocycles. The van der Waals surface area contributed by atoms with Crippen molar-refractivity contribution in [2.75, 3.05) is 5.32 Å². The third kappa shape index (κ3) is 3.36. The average Bonchev–Trinajstić information content (AvgIpc) is 3.19. The molecule has 0 fully saturated rings. The number of hydrogen-bond donors (Lipinski definition) is 2. The molecular formula is C15H15N5O. The number of carbonyl (C=O) groups is 1. The zero-order valence-electron chi connectivity index (χ0n) is 11.4. The maximum atomic E-state index is 11.9. The van der Waals surface area contributed by atoms with Crippen LogP contribution in [0.3, 0.4) is 0 Å². The van der Waals surface area contributed by atoms with Gasteiger partial charge in [-0.3, -0.25) is 9.48 Å². The summed E-state index contributed by atoms with van der Waals surface area (Å²) in [4.78, 5) is 19.0. The van der Waals surface area contributed by atoms with E-state index in [0.29, 0.717) is 13.0 Å². The van der Waals surface area contributed by atoms with E-state index >= 15 is 0 Å². The molecule has 0 unspecified atom stereocenters. The van der Waals surface area contributed by atoms with Gasteiger partial charge in [-0.15, -0.1) is 0 Å². The van der Waals surface area contributed by atoms with Crippen LogP contribution in [0.25, 0.3) is 11.3 Å². The van der Waals surface area contributed by atoms with Crippen molar-refractivity contribution in [1.82, 2.24) is 19.7 Å². The first-order valence-corrected chi connectivity index (χ1v) is 6.67. The van der Waals surface area contributed by atoms with Crippen molar-refractivity contribution in [3.63, 3.8) is 0 Å². The van der Waals surface area contributed by atoms with Crippen LogP contribution in [0.2, 0.25) is 0 Å². The molecule has 3 rings (SSSR count). The number of hydrogen-bond acceptors (Lipinski definition) is 3. The zero-order valence-corrected chi connectivity index (χ0v) is 11.4. The molecule has 0 aliphatic heterocycles. The van der Waals surface area contributed by atoms with E-state index in [2.05, 4.69) is 20.4 Å². The second-order valence-corrected chi connectivity index (χ2v) is 4.61. The van der Waals surface area contributed by atoms with Gasteiger partial charge >= 0.3 is 0 Å². The van der Waals surface area contributed by atoms with Gasteiger partial charge in [-0.2, -0.15) is 5.10 Å². The quantitative estimate of drug-likeness (QED) is 0.753. The first-order chi connectivity index (χ1) is 10.3. The molecule has 2 N–H and O–H groups in total. The fourth-order valence-electron chi connectivity index (χ4n) is 2.05. The van der Waals surface area contributed by atoms with Gasteiger partial charge in [0.1, 0.15) is 0 Å².